The third kappa shape index (κ3) is 6.47. The van der Waals surface area contributed by atoms with E-state index in [1.807, 2.05) is 24.3 Å². The number of nitrogens with two attached hydrogens (primary N) is 1. The summed E-state index contributed by atoms with van der Waals surface area (Å²) in [5, 5.41) is 3.18. The first-order chi connectivity index (χ1) is 11.7. The van der Waals surface area contributed by atoms with Gasteiger partial charge in [0.15, 0.2) is 5.96 Å². The first kappa shape index (κ1) is 18.7. The van der Waals surface area contributed by atoms with Crippen LogP contribution in [-0.2, 0) is 11.3 Å². The average Bonchev–Trinajstić information content (AvgIpc) is 2.78. The molecular formula is C18H31N5O. The van der Waals surface area contributed by atoms with E-state index < -0.39 is 0 Å². The van der Waals surface area contributed by atoms with Crippen molar-refractivity contribution in [3.63, 3.8) is 0 Å². The van der Waals surface area contributed by atoms with Gasteiger partial charge in [0.25, 0.3) is 0 Å². The molecule has 1 fully saturated rings. The van der Waals surface area contributed by atoms with Crippen LogP contribution in [0.1, 0.15) is 18.4 Å². The van der Waals surface area contributed by atoms with Crippen molar-refractivity contribution in [3.05, 3.63) is 29.8 Å². The summed E-state index contributed by atoms with van der Waals surface area (Å²) in [5.41, 5.74) is 8.04. The van der Waals surface area contributed by atoms with Crippen molar-refractivity contribution < 1.29 is 4.74 Å². The lowest BCUT2D eigenvalue weighted by Gasteiger charge is -2.19. The van der Waals surface area contributed by atoms with Gasteiger partial charge >= 0.3 is 0 Å². The van der Waals surface area contributed by atoms with Gasteiger partial charge in [0, 0.05) is 38.0 Å². The number of ether oxygens (including phenoxy) is 1. The van der Waals surface area contributed by atoms with Crippen LogP contribution in [0.25, 0.3) is 0 Å². The van der Waals surface area contributed by atoms with Crippen LogP contribution < -0.4 is 11.1 Å². The molecule has 0 atom stereocenters. The largest absolute Gasteiger partial charge is 0.380 e. The zero-order valence-electron chi connectivity index (χ0n) is 15.0. The highest BCUT2D eigenvalue weighted by molar-refractivity contribution is 5.92. The molecule has 1 saturated heterocycles. The van der Waals surface area contributed by atoms with Crippen LogP contribution in [0.5, 0.6) is 0 Å². The maximum atomic E-state index is 6.01. The van der Waals surface area contributed by atoms with Crippen molar-refractivity contribution in [2.45, 2.75) is 19.4 Å². The van der Waals surface area contributed by atoms with E-state index in [2.05, 4.69) is 27.2 Å². The van der Waals surface area contributed by atoms with E-state index >= 15 is 0 Å². The highest BCUT2D eigenvalue weighted by Gasteiger charge is 2.11. The number of hydrogen-bond acceptors (Lipinski definition) is 4. The van der Waals surface area contributed by atoms with E-state index in [9.17, 15) is 0 Å². The molecule has 24 heavy (non-hydrogen) atoms. The Kier molecular flexibility index (Phi) is 8.01. The van der Waals surface area contributed by atoms with E-state index in [0.29, 0.717) is 12.6 Å². The molecule has 1 aliphatic heterocycles. The Balaban J connectivity index is 1.74. The topological polar surface area (TPSA) is 66.1 Å². The van der Waals surface area contributed by atoms with E-state index in [1.165, 1.54) is 19.5 Å². The number of para-hydroxylation sites is 1. The molecular weight excluding hydrogens is 302 g/mol. The number of methoxy groups -OCH3 is 1. The number of rotatable bonds is 7. The minimum absolute atomic E-state index is 0.467. The Bertz CT molecular complexity index is 520. The van der Waals surface area contributed by atoms with Gasteiger partial charge < -0.3 is 25.6 Å². The lowest BCUT2D eigenvalue weighted by Crippen LogP contribution is -2.30. The maximum Gasteiger partial charge on any atom is 0.193 e. The maximum absolute atomic E-state index is 6.01. The standard InChI is InChI=1S/C18H31N5O/c1-22-10-6-12-23(14-13-22)11-5-9-20-18(19)21-17-8-4-3-7-16(17)15-24-2/h3-4,7-8H,5-6,9-15H2,1-2H3,(H3,19,20,21). The summed E-state index contributed by atoms with van der Waals surface area (Å²) in [6, 6.07) is 7.98. The summed E-state index contributed by atoms with van der Waals surface area (Å²) in [7, 11) is 3.89. The first-order valence-electron chi connectivity index (χ1n) is 8.73. The molecule has 0 aliphatic carbocycles. The number of nitrogens with one attached hydrogen (secondary N) is 1. The molecule has 0 unspecified atom stereocenters. The number of benzene rings is 1. The summed E-state index contributed by atoms with van der Waals surface area (Å²) in [5.74, 6) is 0.467. The van der Waals surface area contributed by atoms with Crippen molar-refractivity contribution in [2.24, 2.45) is 10.7 Å². The molecule has 0 aromatic heterocycles. The molecule has 6 heteroatoms. The molecule has 6 nitrogen and oxygen atoms in total. The van der Waals surface area contributed by atoms with Gasteiger partial charge in [-0.1, -0.05) is 18.2 Å². The monoisotopic (exact) mass is 333 g/mol. The van der Waals surface area contributed by atoms with E-state index in [4.69, 9.17) is 10.5 Å². The Morgan fingerprint density at radius 2 is 2.08 bits per heavy atom. The second-order valence-electron chi connectivity index (χ2n) is 6.33. The van der Waals surface area contributed by atoms with Gasteiger partial charge in [-0.25, -0.2) is 0 Å². The zero-order valence-corrected chi connectivity index (χ0v) is 15.0. The Labute approximate surface area is 145 Å². The van der Waals surface area contributed by atoms with Crippen molar-refractivity contribution in [1.82, 2.24) is 9.80 Å². The van der Waals surface area contributed by atoms with Gasteiger partial charge in [0.1, 0.15) is 0 Å². The molecule has 0 radical (unpaired) electrons. The second kappa shape index (κ2) is 10.3. The van der Waals surface area contributed by atoms with Crippen LogP contribution in [-0.4, -0.2) is 69.2 Å². The van der Waals surface area contributed by atoms with Crippen molar-refractivity contribution in [1.29, 1.82) is 0 Å². The van der Waals surface area contributed by atoms with Crippen LogP contribution >= 0.6 is 0 Å². The fourth-order valence-corrected chi connectivity index (χ4v) is 2.92. The van der Waals surface area contributed by atoms with E-state index in [-0.39, 0.29) is 0 Å². The third-order valence-electron chi connectivity index (χ3n) is 4.31. The Hall–Kier alpha value is -1.63. The molecule has 2 rings (SSSR count). The molecule has 1 heterocycles. The van der Waals surface area contributed by atoms with Crippen LogP contribution in [0.2, 0.25) is 0 Å². The fourth-order valence-electron chi connectivity index (χ4n) is 2.92. The van der Waals surface area contributed by atoms with E-state index in [0.717, 1.165) is 43.9 Å². The predicted octanol–water partition coefficient (Wildman–Crippen LogP) is 1.59. The highest BCUT2D eigenvalue weighted by Crippen LogP contribution is 2.15. The SMILES string of the molecule is COCc1ccccc1NC(N)=NCCCN1CCCN(C)CC1. The van der Waals surface area contributed by atoms with Crippen LogP contribution in [0, 0.1) is 0 Å². The highest BCUT2D eigenvalue weighted by atomic mass is 16.5. The molecule has 0 saturated carbocycles. The summed E-state index contributed by atoms with van der Waals surface area (Å²) < 4.78 is 5.20. The van der Waals surface area contributed by atoms with Crippen molar-refractivity contribution in [3.8, 4) is 0 Å². The quantitative estimate of drug-likeness (QED) is 0.451. The van der Waals surface area contributed by atoms with Crippen LogP contribution in [0.4, 0.5) is 5.69 Å². The first-order valence-corrected chi connectivity index (χ1v) is 8.73. The number of guanidine groups is 1. The number of likely N-dealkylation sites (N-methyl/N-ethyl adjacent to an activating group) is 1. The predicted molar refractivity (Wildman–Crippen MR) is 100 cm³/mol. The summed E-state index contributed by atoms with van der Waals surface area (Å²) in [6.45, 7) is 7.09. The molecule has 0 spiro atoms. The van der Waals surface area contributed by atoms with Gasteiger partial charge in [0.2, 0.25) is 0 Å². The summed E-state index contributed by atoms with van der Waals surface area (Å²) in [6.07, 6.45) is 2.28. The number of aliphatic imine (C=N–C) groups is 1. The number of hydrogen-bond donors (Lipinski definition) is 2. The Morgan fingerprint density at radius 1 is 1.25 bits per heavy atom. The zero-order chi connectivity index (χ0) is 17.2. The molecule has 0 bridgehead atoms. The van der Waals surface area contributed by atoms with Gasteiger partial charge in [-0.3, -0.25) is 4.99 Å². The molecule has 1 aromatic rings. The van der Waals surface area contributed by atoms with Crippen molar-refractivity contribution in [2.75, 3.05) is 58.7 Å². The minimum Gasteiger partial charge on any atom is -0.380 e. The average molecular weight is 333 g/mol. The molecule has 0 amide bonds. The van der Waals surface area contributed by atoms with Crippen LogP contribution in [0.15, 0.2) is 29.3 Å². The normalized spacial score (nSPS) is 17.7. The fraction of sp³-hybridized carbons (Fsp3) is 0.611. The van der Waals surface area contributed by atoms with Gasteiger partial charge in [-0.15, -0.1) is 0 Å². The Morgan fingerprint density at radius 3 is 2.92 bits per heavy atom. The van der Waals surface area contributed by atoms with Crippen LogP contribution in [0.3, 0.4) is 0 Å². The molecule has 1 aromatic carbocycles. The number of nitrogens with zero attached hydrogens (tertiary/aromatic N) is 3. The van der Waals surface area contributed by atoms with Gasteiger partial charge in [-0.05, 0) is 45.6 Å². The van der Waals surface area contributed by atoms with Crippen molar-refractivity contribution >= 4 is 11.6 Å². The lowest BCUT2D eigenvalue weighted by molar-refractivity contribution is 0.185. The molecule has 3 N–H and O–H groups in total. The third-order valence-corrected chi connectivity index (χ3v) is 4.31. The lowest BCUT2D eigenvalue weighted by atomic mass is 10.2. The second-order valence-corrected chi connectivity index (χ2v) is 6.33. The summed E-state index contributed by atoms with van der Waals surface area (Å²) in [4.78, 5) is 9.37. The minimum atomic E-state index is 0.467. The van der Waals surface area contributed by atoms with Gasteiger partial charge in [0.05, 0.1) is 6.61 Å². The number of anilines is 1. The molecule has 134 valence electrons. The van der Waals surface area contributed by atoms with E-state index in [1.54, 1.807) is 7.11 Å². The smallest absolute Gasteiger partial charge is 0.193 e. The van der Waals surface area contributed by atoms with Gasteiger partial charge in [-0.2, -0.15) is 0 Å². The summed E-state index contributed by atoms with van der Waals surface area (Å²) >= 11 is 0. The molecule has 1 aliphatic rings.